The zero-order valence-electron chi connectivity index (χ0n) is 41.8. The van der Waals surface area contributed by atoms with Gasteiger partial charge in [-0.3, -0.25) is 4.79 Å². The number of carbonyl (C=O) groups is 1. The van der Waals surface area contributed by atoms with Crippen LogP contribution in [0.15, 0.2) is 130 Å². The SMILES string of the molecule is C=C(C)C(=O)NCCc1ccc(OC2=C(C=CC3=[N+](CCCS(=O)(=O)[O-])c4ccc(S(=O)(=O)[O-])cc4C3(C)C)CCCC2=CC=C2N(CCCS(=O)(=O)[O-])c3ccc(S(=O)(=O)[O-])cc3C2(C)C)cc1.[K+].[K+].[K+]. The second-order valence-corrected chi connectivity index (χ2v) is 24.1. The van der Waals surface area contributed by atoms with Crippen molar-refractivity contribution in [3.63, 3.8) is 0 Å². The van der Waals surface area contributed by atoms with Crippen LogP contribution in [0.2, 0.25) is 0 Å². The van der Waals surface area contributed by atoms with Crippen LogP contribution in [0.25, 0.3) is 0 Å². The number of fused-ring (bicyclic) bond motifs is 2. The van der Waals surface area contributed by atoms with Crippen molar-refractivity contribution in [2.24, 2.45) is 0 Å². The summed E-state index contributed by atoms with van der Waals surface area (Å²) in [6, 6.07) is 15.3. The van der Waals surface area contributed by atoms with Gasteiger partial charge < -0.3 is 33.2 Å². The van der Waals surface area contributed by atoms with Crippen LogP contribution in [-0.2, 0) is 62.5 Å². The third-order valence-electron chi connectivity index (χ3n) is 12.4. The number of allylic oxidation sites excluding steroid dienone is 7. The molecule has 1 aliphatic carbocycles. The molecule has 0 fully saturated rings. The summed E-state index contributed by atoms with van der Waals surface area (Å²) in [6.07, 6.45) is 9.48. The number of ether oxygens (including phenoxy) is 1. The molecule has 0 saturated heterocycles. The molecule has 1 N–H and O–H groups in total. The quantitative estimate of drug-likeness (QED) is 0.0532. The fourth-order valence-corrected chi connectivity index (χ4v) is 10.9. The number of nitrogens with zero attached hydrogens (tertiary/aromatic N) is 2. The number of carbonyl (C=O) groups excluding carboxylic acids is 1. The topological polar surface area (TPSA) is 273 Å². The van der Waals surface area contributed by atoms with Gasteiger partial charge in [0.25, 0.3) is 0 Å². The predicted molar refractivity (Wildman–Crippen MR) is 255 cm³/mol. The fraction of sp³-hybridized carbons (Fsp3) is 0.375. The van der Waals surface area contributed by atoms with Gasteiger partial charge in [0, 0.05) is 71.1 Å². The monoisotopic (exact) mass is 1140 g/mol. The van der Waals surface area contributed by atoms with Crippen molar-refractivity contribution in [1.82, 2.24) is 5.32 Å². The second kappa shape index (κ2) is 26.5. The molecule has 0 spiro atoms. The van der Waals surface area contributed by atoms with E-state index in [2.05, 4.69) is 11.9 Å². The van der Waals surface area contributed by atoms with E-state index in [9.17, 15) is 56.7 Å². The zero-order valence-corrected chi connectivity index (χ0v) is 54.4. The first-order valence-electron chi connectivity index (χ1n) is 22.0. The molecule has 6 rings (SSSR count). The molecule has 72 heavy (non-hydrogen) atoms. The summed E-state index contributed by atoms with van der Waals surface area (Å²) in [7, 11) is -18.8. The summed E-state index contributed by atoms with van der Waals surface area (Å²) in [6.45, 7) is 13.1. The van der Waals surface area contributed by atoms with Crippen molar-refractivity contribution in [3.8, 4) is 5.75 Å². The van der Waals surface area contributed by atoms with Gasteiger partial charge in [0.15, 0.2) is 5.71 Å². The van der Waals surface area contributed by atoms with Crippen LogP contribution in [-0.4, -0.2) is 99.2 Å². The van der Waals surface area contributed by atoms with Crippen LogP contribution in [0.5, 0.6) is 5.75 Å². The Kier molecular flexibility index (Phi) is 24.3. The molecule has 0 saturated carbocycles. The summed E-state index contributed by atoms with van der Waals surface area (Å²) in [5.74, 6) is -0.591. The minimum atomic E-state index is -4.84. The standard InChI is InChI=1S/C48H57N3O14S4.3K/c1-32(2)46(52)49-25-24-33-12-16-36(17-13-33)65-45-34(14-22-43-47(3,4)39-30-37(68(59,60)61)18-20-41(39)50(43)26-8-28-66(53,54)55)10-7-11-35(45)15-23-44-48(5,6)40-31-38(69(62,63)64)19-21-42(40)51(44)27-9-29-67(56,57)58;;;/h12-23,30-31H,1,7-11,24-29H2,2-6H3,(H4-,49,52,53,54,55,56,57,58,59,60,61,62,63,64);;;/q;3*+1/p-3. The summed E-state index contributed by atoms with van der Waals surface area (Å²) >= 11 is 0. The normalized spacial score (nSPS) is 17.5. The zero-order chi connectivity index (χ0) is 50.9. The van der Waals surface area contributed by atoms with E-state index in [4.69, 9.17) is 4.74 Å². The molecule has 3 aliphatic rings. The van der Waals surface area contributed by atoms with Crippen molar-refractivity contribution < 1.29 is 220 Å². The smallest absolute Gasteiger partial charge is 0.748 e. The summed E-state index contributed by atoms with van der Waals surface area (Å²) in [5.41, 5.74) is 4.24. The average molecular weight is 1140 g/mol. The fourth-order valence-electron chi connectivity index (χ4n) is 8.92. The van der Waals surface area contributed by atoms with Gasteiger partial charge in [-0.15, -0.1) is 0 Å². The van der Waals surface area contributed by atoms with Crippen molar-refractivity contribution >= 4 is 63.5 Å². The molecule has 17 nitrogen and oxygen atoms in total. The van der Waals surface area contributed by atoms with E-state index in [1.54, 1.807) is 28.5 Å². The van der Waals surface area contributed by atoms with E-state index in [0.29, 0.717) is 83.2 Å². The second-order valence-electron chi connectivity index (χ2n) is 18.3. The maximum Gasteiger partial charge on any atom is 1.00 e. The third kappa shape index (κ3) is 16.8. The molecule has 3 aromatic carbocycles. The van der Waals surface area contributed by atoms with Crippen molar-refractivity contribution in [3.05, 3.63) is 136 Å². The van der Waals surface area contributed by atoms with Gasteiger partial charge in [0.2, 0.25) is 11.6 Å². The molecular weight excluding hydrogens is 1090 g/mol. The first-order chi connectivity index (χ1) is 32.0. The maximum atomic E-state index is 12.1. The molecule has 0 radical (unpaired) electrons. The number of amides is 1. The Hall–Kier alpha value is -0.351. The summed E-state index contributed by atoms with van der Waals surface area (Å²) in [4.78, 5) is 13.0. The minimum absolute atomic E-state index is 0. The number of benzene rings is 3. The molecule has 24 heteroatoms. The van der Waals surface area contributed by atoms with Gasteiger partial charge in [-0.25, -0.2) is 33.7 Å². The third-order valence-corrected chi connectivity index (χ3v) is 15.7. The number of hydrogen-bond donors (Lipinski definition) is 1. The van der Waals surface area contributed by atoms with E-state index in [-0.39, 0.29) is 186 Å². The van der Waals surface area contributed by atoms with E-state index < -0.39 is 72.6 Å². The van der Waals surface area contributed by atoms with E-state index in [0.717, 1.165) is 16.7 Å². The molecule has 0 atom stereocenters. The molecule has 0 unspecified atom stereocenters. The van der Waals surface area contributed by atoms with Gasteiger partial charge in [-0.2, -0.15) is 4.58 Å². The van der Waals surface area contributed by atoms with Crippen LogP contribution in [0, 0.1) is 0 Å². The Morgan fingerprint density at radius 3 is 1.93 bits per heavy atom. The molecule has 0 aromatic heterocycles. The van der Waals surface area contributed by atoms with E-state index in [1.807, 2.05) is 64.1 Å². The van der Waals surface area contributed by atoms with Crippen LogP contribution in [0.1, 0.15) is 83.4 Å². The van der Waals surface area contributed by atoms with Gasteiger partial charge in [-0.1, -0.05) is 38.6 Å². The first-order valence-corrected chi connectivity index (χ1v) is 28.0. The molecule has 2 aliphatic heterocycles. The molecule has 0 bridgehead atoms. The summed E-state index contributed by atoms with van der Waals surface area (Å²) in [5, 5.41) is 2.81. The van der Waals surface area contributed by atoms with Crippen molar-refractivity contribution in [1.29, 1.82) is 0 Å². The Morgan fingerprint density at radius 2 is 1.35 bits per heavy atom. The van der Waals surface area contributed by atoms with Crippen LogP contribution in [0.4, 0.5) is 11.4 Å². The molecule has 3 aromatic rings. The van der Waals surface area contributed by atoms with Gasteiger partial charge in [0.05, 0.1) is 35.4 Å². The molecular formula is C48H54K3N3O14S4. The predicted octanol–water partition coefficient (Wildman–Crippen LogP) is -3.33. The Bertz CT molecular complexity index is 3200. The van der Waals surface area contributed by atoms with E-state index >= 15 is 0 Å². The summed E-state index contributed by atoms with van der Waals surface area (Å²) < 4.78 is 151. The largest absolute Gasteiger partial charge is 1.00 e. The van der Waals surface area contributed by atoms with Crippen molar-refractivity contribution in [2.45, 2.75) is 93.8 Å². The van der Waals surface area contributed by atoms with Crippen LogP contribution >= 0.6 is 0 Å². The number of nitrogens with one attached hydrogen (secondary N) is 1. The molecule has 2 heterocycles. The first kappa shape index (κ1) is 65.9. The van der Waals surface area contributed by atoms with Crippen LogP contribution < -0.4 is 169 Å². The molecule has 372 valence electrons. The van der Waals surface area contributed by atoms with Crippen molar-refractivity contribution in [2.75, 3.05) is 36.0 Å². The number of anilines is 1. The Morgan fingerprint density at radius 1 is 0.764 bits per heavy atom. The Balaban J connectivity index is 0.00000456. The molecule has 1 amide bonds. The average Bonchev–Trinajstić information content (AvgIpc) is 3.58. The minimum Gasteiger partial charge on any atom is -0.748 e. The van der Waals surface area contributed by atoms with E-state index in [1.165, 1.54) is 36.4 Å². The number of hydrogen-bond acceptors (Lipinski definition) is 15. The van der Waals surface area contributed by atoms with Gasteiger partial charge in [-0.05, 0) is 130 Å². The van der Waals surface area contributed by atoms with Gasteiger partial charge >= 0.3 is 154 Å². The maximum absolute atomic E-state index is 12.1. The van der Waals surface area contributed by atoms with Gasteiger partial charge in [0.1, 0.15) is 38.3 Å². The van der Waals surface area contributed by atoms with Crippen LogP contribution in [0.3, 0.4) is 0 Å². The Labute approximate surface area is 551 Å². The number of rotatable bonds is 19.